The summed E-state index contributed by atoms with van der Waals surface area (Å²) in [6, 6.07) is 21.5. The second-order valence-corrected chi connectivity index (χ2v) is 22.1. The Balaban J connectivity index is 0.734. The summed E-state index contributed by atoms with van der Waals surface area (Å²) in [5.74, 6) is 0.972. The van der Waals surface area contributed by atoms with Crippen LogP contribution in [-0.4, -0.2) is 125 Å². The zero-order chi connectivity index (χ0) is 55.1. The fourth-order valence-corrected chi connectivity index (χ4v) is 10.5. The lowest BCUT2D eigenvalue weighted by atomic mass is 9.85. The zero-order valence-electron chi connectivity index (χ0n) is 46.3. The number of allylic oxidation sites excluding steroid dienone is 3. The number of β-amino-alcohol motifs (C(OH)–C–C–N with tert-alkyl or cyclic N) is 1. The average molecular weight is 1050 g/mol. The van der Waals surface area contributed by atoms with Crippen LogP contribution in [0.2, 0.25) is 0 Å². The molecule has 0 saturated carbocycles. The van der Waals surface area contributed by atoms with Crippen molar-refractivity contribution >= 4 is 35.1 Å². The number of nitrogens with one attached hydrogen (secondary N) is 3. The number of aromatic nitrogens is 1. The lowest BCUT2D eigenvalue weighted by Gasteiger charge is -2.35. The number of ether oxygens (including phenoxy) is 3. The number of carbonyl (C=O) groups excluding carboxylic acids is 4. The first-order valence-corrected chi connectivity index (χ1v) is 26.9. The van der Waals surface area contributed by atoms with Crippen LogP contribution >= 0.6 is 0 Å². The first-order valence-electron chi connectivity index (χ1n) is 26.9. The number of hydrazone groups is 1. The number of rotatable bonds is 22. The molecule has 17 nitrogen and oxygen atoms in total. The number of Topliss-reactive ketones (excluding diaryl/α,β-unsaturated/α-hetero) is 1. The lowest BCUT2D eigenvalue weighted by molar-refractivity contribution is -0.144. The molecule has 8 rings (SSSR count). The number of ketones is 1. The maximum Gasteiger partial charge on any atom is 0.246 e. The van der Waals surface area contributed by atoms with Crippen LogP contribution in [0, 0.1) is 19.3 Å². The molecular formula is C60H76N8O9. The van der Waals surface area contributed by atoms with E-state index in [1.807, 2.05) is 97.0 Å². The van der Waals surface area contributed by atoms with Crippen LogP contribution in [0.25, 0.3) is 11.3 Å². The van der Waals surface area contributed by atoms with Crippen molar-refractivity contribution in [2.24, 2.45) is 15.5 Å². The average Bonchev–Trinajstić information content (AvgIpc) is 4.22. The Labute approximate surface area is 452 Å². The van der Waals surface area contributed by atoms with Gasteiger partial charge in [-0.3, -0.25) is 29.6 Å². The van der Waals surface area contributed by atoms with E-state index < -0.39 is 41.5 Å². The van der Waals surface area contributed by atoms with Gasteiger partial charge in [0.05, 0.1) is 61.9 Å². The molecule has 1 fully saturated rings. The summed E-state index contributed by atoms with van der Waals surface area (Å²) in [5, 5.41) is 21.3. The van der Waals surface area contributed by atoms with Crippen molar-refractivity contribution in [3.05, 3.63) is 130 Å². The van der Waals surface area contributed by atoms with E-state index in [1.165, 1.54) is 33.7 Å². The number of aliphatic hydroxyl groups excluding tert-OH is 1. The van der Waals surface area contributed by atoms with Gasteiger partial charge in [-0.05, 0) is 81.7 Å². The Morgan fingerprint density at radius 3 is 2.22 bits per heavy atom. The summed E-state index contributed by atoms with van der Waals surface area (Å²) >= 11 is 0. The second-order valence-electron chi connectivity index (χ2n) is 22.1. The molecule has 77 heavy (non-hydrogen) atoms. The van der Waals surface area contributed by atoms with Gasteiger partial charge in [-0.25, -0.2) is 4.98 Å². The minimum atomic E-state index is -0.959. The highest BCUT2D eigenvalue weighted by Gasteiger charge is 2.45. The van der Waals surface area contributed by atoms with Gasteiger partial charge in [0.15, 0.2) is 17.9 Å². The number of carbonyl (C=O) groups is 4. The Kier molecular flexibility index (Phi) is 18.0. The van der Waals surface area contributed by atoms with E-state index in [2.05, 4.69) is 76.1 Å². The van der Waals surface area contributed by atoms with Gasteiger partial charge in [0, 0.05) is 61.2 Å². The van der Waals surface area contributed by atoms with Crippen LogP contribution in [0.15, 0.2) is 116 Å². The molecule has 0 spiro atoms. The summed E-state index contributed by atoms with van der Waals surface area (Å²) in [5.41, 5.74) is 14.1. The van der Waals surface area contributed by atoms with Gasteiger partial charge >= 0.3 is 0 Å². The fraction of sp³-hybridized carbons (Fsp3) is 0.483. The van der Waals surface area contributed by atoms with Gasteiger partial charge in [0.2, 0.25) is 17.7 Å². The molecule has 4 aliphatic rings. The van der Waals surface area contributed by atoms with E-state index in [4.69, 9.17) is 23.6 Å². The van der Waals surface area contributed by atoms with Gasteiger partial charge < -0.3 is 44.2 Å². The first-order chi connectivity index (χ1) is 36.8. The van der Waals surface area contributed by atoms with Crippen molar-refractivity contribution < 1.29 is 42.9 Å². The van der Waals surface area contributed by atoms with E-state index in [0.29, 0.717) is 31.1 Å². The maximum atomic E-state index is 14.1. The molecule has 410 valence electrons. The molecule has 1 aliphatic carbocycles. The topological polar surface area (TPSA) is 210 Å². The molecule has 4 heterocycles. The maximum absolute atomic E-state index is 14.1. The van der Waals surface area contributed by atoms with Crippen molar-refractivity contribution in [2.45, 2.75) is 144 Å². The second kappa shape index (κ2) is 24.6. The number of likely N-dealkylation sites (tertiary alicyclic amines) is 1. The Morgan fingerprint density at radius 2 is 1.53 bits per heavy atom. The molecule has 3 aliphatic heterocycles. The van der Waals surface area contributed by atoms with Crippen molar-refractivity contribution in [3.8, 4) is 17.1 Å². The van der Waals surface area contributed by atoms with Crippen molar-refractivity contribution in [3.63, 3.8) is 0 Å². The third-order valence-corrected chi connectivity index (χ3v) is 15.0. The third-order valence-electron chi connectivity index (χ3n) is 15.0. The van der Waals surface area contributed by atoms with Crippen LogP contribution in [0.3, 0.4) is 0 Å². The van der Waals surface area contributed by atoms with E-state index in [-0.39, 0.29) is 75.4 Å². The standard InChI is InChI=1S/C60H76N8O9/c1-35-12-14-44(15-13-35)55-54-38(4)36(2)28-50(54)68-41(7)65-66-58(68)48(63-55)31-52(71)62-39(5)43-20-22-47(23-21-43)76-25-11-24-74-26-27-75-33-53(72)64-57(60(8,9)10)59(73)67-32-46(69)30-49(67)51(70)29-37(3)42-16-18-45(19-17-42)56-40(6)61-34-77-56/h12-23,34,37,39,46,48-49,57-58,66,69H,11,24-33H2,1-10H3,(H,62,71)(H,64,72)/t37-,39?,46?,48?,49+,57-,58?/m1/s1. The highest BCUT2D eigenvalue weighted by atomic mass is 16.5. The summed E-state index contributed by atoms with van der Waals surface area (Å²) in [6.45, 7) is 20.7. The van der Waals surface area contributed by atoms with Crippen LogP contribution in [0.1, 0.15) is 127 Å². The van der Waals surface area contributed by atoms with Crippen molar-refractivity contribution in [1.82, 2.24) is 30.8 Å². The molecule has 3 amide bonds. The van der Waals surface area contributed by atoms with Gasteiger partial charge in [-0.2, -0.15) is 5.10 Å². The van der Waals surface area contributed by atoms with Crippen LogP contribution < -0.4 is 20.8 Å². The van der Waals surface area contributed by atoms with Crippen LogP contribution in [0.4, 0.5) is 0 Å². The molecule has 0 bridgehead atoms. The first kappa shape index (κ1) is 56.3. The molecule has 1 saturated heterocycles. The number of aryl methyl sites for hydroxylation is 2. The van der Waals surface area contributed by atoms with E-state index in [0.717, 1.165) is 51.5 Å². The predicted molar refractivity (Wildman–Crippen MR) is 295 cm³/mol. The molecule has 17 heteroatoms. The SMILES string of the molecule is CC1=NNC2C(CC(=O)NC(C)c3ccc(OCCCOCCOCC(=O)N[C@H](C(=O)N4CC(O)C[C@H]4C(=O)C[C@@H](C)c4ccc(-c5ocnc5C)cc4)C(C)(C)C)cc3)N=C(c3ccc(C)cc3)C3=C(CC(C)=C3C)N12. The number of nitrogens with zero attached hydrogens (tertiary/aromatic N) is 5. The molecule has 3 aromatic carbocycles. The highest BCUT2D eigenvalue weighted by Crippen LogP contribution is 2.41. The number of fused-ring (bicyclic) bond motifs is 2. The Hall–Kier alpha value is -6.95. The number of hydrogen-bond acceptors (Lipinski definition) is 14. The van der Waals surface area contributed by atoms with E-state index >= 15 is 0 Å². The molecule has 7 atom stereocenters. The number of aliphatic imine (C=N–C) groups is 1. The minimum Gasteiger partial charge on any atom is -0.494 e. The zero-order valence-corrected chi connectivity index (χ0v) is 46.3. The van der Waals surface area contributed by atoms with Crippen molar-refractivity contribution in [2.75, 3.05) is 39.6 Å². The predicted octanol–water partition coefficient (Wildman–Crippen LogP) is 8.01. The lowest BCUT2D eigenvalue weighted by Crippen LogP contribution is -2.57. The Morgan fingerprint density at radius 1 is 0.844 bits per heavy atom. The smallest absolute Gasteiger partial charge is 0.246 e. The number of oxazole rings is 1. The molecule has 4 unspecified atom stereocenters. The number of amidine groups is 1. The number of amides is 3. The fourth-order valence-electron chi connectivity index (χ4n) is 10.5. The summed E-state index contributed by atoms with van der Waals surface area (Å²) in [7, 11) is 0. The van der Waals surface area contributed by atoms with Gasteiger partial charge in [0.1, 0.15) is 30.4 Å². The summed E-state index contributed by atoms with van der Waals surface area (Å²) in [6.07, 6.45) is 2.18. The summed E-state index contributed by atoms with van der Waals surface area (Å²) < 4.78 is 22.8. The molecule has 4 N–H and O–H groups in total. The minimum absolute atomic E-state index is 0.00384. The number of hydrogen-bond donors (Lipinski definition) is 4. The van der Waals surface area contributed by atoms with Crippen LogP contribution in [-0.2, 0) is 28.7 Å². The third kappa shape index (κ3) is 13.4. The highest BCUT2D eigenvalue weighted by molar-refractivity contribution is 6.17. The molecule has 0 radical (unpaired) electrons. The quantitative estimate of drug-likeness (QED) is 0.0552. The largest absolute Gasteiger partial charge is 0.494 e. The Bertz CT molecular complexity index is 2900. The van der Waals surface area contributed by atoms with E-state index in [1.54, 1.807) is 0 Å². The normalized spacial score (nSPS) is 20.4. The molecule has 4 aromatic rings. The molecule has 1 aromatic heterocycles. The van der Waals surface area contributed by atoms with Gasteiger partial charge in [-0.1, -0.05) is 99.5 Å². The number of aliphatic hydroxyl groups is 1. The van der Waals surface area contributed by atoms with Gasteiger partial charge in [0.25, 0.3) is 0 Å². The summed E-state index contributed by atoms with van der Waals surface area (Å²) in [4.78, 5) is 68.0. The van der Waals surface area contributed by atoms with Crippen molar-refractivity contribution in [1.29, 1.82) is 0 Å². The van der Waals surface area contributed by atoms with Crippen LogP contribution in [0.5, 0.6) is 5.75 Å². The van der Waals surface area contributed by atoms with Gasteiger partial charge in [-0.15, -0.1) is 0 Å². The van der Waals surface area contributed by atoms with E-state index in [9.17, 15) is 24.3 Å². The monoisotopic (exact) mass is 1050 g/mol. The molecular weight excluding hydrogens is 977 g/mol. The number of benzene rings is 3.